The van der Waals surface area contributed by atoms with Gasteiger partial charge in [0.1, 0.15) is 10.1 Å². The minimum atomic E-state index is 0.513. The molecule has 1 heterocycles. The van der Waals surface area contributed by atoms with E-state index in [1.54, 1.807) is 7.11 Å². The van der Waals surface area contributed by atoms with Crippen molar-refractivity contribution in [3.8, 4) is 5.75 Å². The molecule has 0 aliphatic heterocycles. The predicted molar refractivity (Wildman–Crippen MR) is 58.8 cm³/mol. The van der Waals surface area contributed by atoms with Crippen molar-refractivity contribution in [1.82, 2.24) is 0 Å². The fraction of sp³-hybridized carbons (Fsp3) is 0.100. The Labute approximate surface area is 90.1 Å². The molecule has 0 N–H and O–H groups in total. The maximum atomic E-state index is 10.8. The minimum Gasteiger partial charge on any atom is -0.495 e. The second-order valence-corrected chi connectivity index (χ2v) is 4.37. The first-order valence-electron chi connectivity index (χ1n) is 3.98. The number of hydrogen-bond donors (Lipinski definition) is 0. The standard InChI is InChI=1S/C10H7ClO2S/c1-13-8-4-2-3-6-7(5-12)10(11)14-9(6)8/h2-5H,1H3. The molecule has 2 aromatic rings. The highest BCUT2D eigenvalue weighted by Gasteiger charge is 2.12. The SMILES string of the molecule is COc1cccc2c(C=O)c(Cl)sc12. The van der Waals surface area contributed by atoms with Crippen LogP contribution in [0.3, 0.4) is 0 Å². The normalized spacial score (nSPS) is 10.4. The third-order valence-electron chi connectivity index (χ3n) is 2.01. The molecule has 0 spiro atoms. The van der Waals surface area contributed by atoms with Gasteiger partial charge in [-0.05, 0) is 6.07 Å². The van der Waals surface area contributed by atoms with Crippen LogP contribution >= 0.6 is 22.9 Å². The summed E-state index contributed by atoms with van der Waals surface area (Å²) in [4.78, 5) is 10.8. The Morgan fingerprint density at radius 1 is 1.50 bits per heavy atom. The monoisotopic (exact) mass is 226 g/mol. The number of methoxy groups -OCH3 is 1. The molecule has 0 saturated heterocycles. The summed E-state index contributed by atoms with van der Waals surface area (Å²) < 4.78 is 6.61. The topological polar surface area (TPSA) is 26.3 Å². The van der Waals surface area contributed by atoms with Gasteiger partial charge in [-0.2, -0.15) is 0 Å². The zero-order valence-electron chi connectivity index (χ0n) is 7.41. The fourth-order valence-corrected chi connectivity index (χ4v) is 2.72. The number of fused-ring (bicyclic) bond motifs is 1. The van der Waals surface area contributed by atoms with Crippen LogP contribution in [0, 0.1) is 0 Å². The Morgan fingerprint density at radius 2 is 2.29 bits per heavy atom. The number of hydrogen-bond acceptors (Lipinski definition) is 3. The predicted octanol–water partition coefficient (Wildman–Crippen LogP) is 3.38. The number of benzene rings is 1. The number of thiophene rings is 1. The number of carbonyl (C=O) groups is 1. The van der Waals surface area contributed by atoms with Gasteiger partial charge in [0.15, 0.2) is 6.29 Å². The molecule has 2 nitrogen and oxygen atoms in total. The zero-order valence-corrected chi connectivity index (χ0v) is 8.98. The van der Waals surface area contributed by atoms with Gasteiger partial charge in [-0.3, -0.25) is 4.79 Å². The van der Waals surface area contributed by atoms with E-state index in [1.807, 2.05) is 18.2 Å². The van der Waals surface area contributed by atoms with Gasteiger partial charge in [0.2, 0.25) is 0 Å². The summed E-state index contributed by atoms with van der Waals surface area (Å²) >= 11 is 7.29. The minimum absolute atomic E-state index is 0.513. The van der Waals surface area contributed by atoms with E-state index in [0.29, 0.717) is 9.90 Å². The van der Waals surface area contributed by atoms with Crippen molar-refractivity contribution in [2.45, 2.75) is 0 Å². The summed E-state index contributed by atoms with van der Waals surface area (Å²) in [6, 6.07) is 5.56. The lowest BCUT2D eigenvalue weighted by molar-refractivity contribution is 0.112. The molecule has 0 bridgehead atoms. The summed E-state index contributed by atoms with van der Waals surface area (Å²) in [6.45, 7) is 0. The van der Waals surface area contributed by atoms with Gasteiger partial charge in [0, 0.05) is 5.39 Å². The second kappa shape index (κ2) is 3.59. The number of carbonyl (C=O) groups excluding carboxylic acids is 1. The Morgan fingerprint density at radius 3 is 2.93 bits per heavy atom. The highest BCUT2D eigenvalue weighted by Crippen LogP contribution is 2.39. The lowest BCUT2D eigenvalue weighted by atomic mass is 10.2. The van der Waals surface area contributed by atoms with E-state index in [2.05, 4.69) is 0 Å². The van der Waals surface area contributed by atoms with Crippen molar-refractivity contribution in [1.29, 1.82) is 0 Å². The molecular weight excluding hydrogens is 220 g/mol. The van der Waals surface area contributed by atoms with Crippen LogP contribution in [0.4, 0.5) is 0 Å². The van der Waals surface area contributed by atoms with E-state index in [0.717, 1.165) is 22.1 Å². The van der Waals surface area contributed by atoms with Crippen LogP contribution in [0.25, 0.3) is 10.1 Å². The maximum absolute atomic E-state index is 10.8. The van der Waals surface area contributed by atoms with Crippen LogP contribution in [-0.4, -0.2) is 13.4 Å². The Bertz CT molecular complexity index is 490. The lowest BCUT2D eigenvalue weighted by Crippen LogP contribution is -1.82. The van der Waals surface area contributed by atoms with Gasteiger partial charge in [0.05, 0.1) is 17.4 Å². The van der Waals surface area contributed by atoms with Crippen molar-refractivity contribution in [2.24, 2.45) is 0 Å². The van der Waals surface area contributed by atoms with Crippen molar-refractivity contribution < 1.29 is 9.53 Å². The van der Waals surface area contributed by atoms with Crippen LogP contribution < -0.4 is 4.74 Å². The molecule has 1 aromatic carbocycles. The third kappa shape index (κ3) is 1.29. The number of aldehydes is 1. The van der Waals surface area contributed by atoms with Crippen LogP contribution in [-0.2, 0) is 0 Å². The average Bonchev–Trinajstić information content (AvgIpc) is 2.52. The van der Waals surface area contributed by atoms with E-state index >= 15 is 0 Å². The number of halogens is 1. The summed E-state index contributed by atoms with van der Waals surface area (Å²) in [6.07, 6.45) is 0.778. The van der Waals surface area contributed by atoms with Gasteiger partial charge in [-0.1, -0.05) is 23.7 Å². The molecule has 2 rings (SSSR count). The number of rotatable bonds is 2. The molecule has 4 heteroatoms. The Balaban J connectivity index is 2.85. The van der Waals surface area contributed by atoms with E-state index < -0.39 is 0 Å². The molecule has 0 aliphatic rings. The average molecular weight is 227 g/mol. The van der Waals surface area contributed by atoms with E-state index in [1.165, 1.54) is 11.3 Å². The molecule has 0 unspecified atom stereocenters. The molecule has 0 amide bonds. The first-order valence-corrected chi connectivity index (χ1v) is 5.17. The summed E-state index contributed by atoms with van der Waals surface area (Å²) in [7, 11) is 1.60. The van der Waals surface area contributed by atoms with E-state index in [9.17, 15) is 4.79 Å². The quantitative estimate of drug-likeness (QED) is 0.734. The van der Waals surface area contributed by atoms with Crippen molar-refractivity contribution in [3.63, 3.8) is 0 Å². The third-order valence-corrected chi connectivity index (χ3v) is 3.47. The van der Waals surface area contributed by atoms with Crippen molar-refractivity contribution in [2.75, 3.05) is 7.11 Å². The fourth-order valence-electron chi connectivity index (χ4n) is 1.35. The maximum Gasteiger partial charge on any atom is 0.153 e. The van der Waals surface area contributed by atoms with E-state index in [-0.39, 0.29) is 0 Å². The van der Waals surface area contributed by atoms with Crippen LogP contribution in [0.2, 0.25) is 4.34 Å². The smallest absolute Gasteiger partial charge is 0.153 e. The van der Waals surface area contributed by atoms with Crippen molar-refractivity contribution >= 4 is 39.3 Å². The summed E-state index contributed by atoms with van der Waals surface area (Å²) in [5, 5.41) is 0.856. The second-order valence-electron chi connectivity index (χ2n) is 2.74. The lowest BCUT2D eigenvalue weighted by Gasteiger charge is -1.99. The Kier molecular flexibility index (Phi) is 2.44. The van der Waals surface area contributed by atoms with Gasteiger partial charge >= 0.3 is 0 Å². The molecular formula is C10H7ClO2S. The first kappa shape index (κ1) is 9.49. The zero-order chi connectivity index (χ0) is 10.1. The Hall–Kier alpha value is -1.06. The van der Waals surface area contributed by atoms with Crippen molar-refractivity contribution in [3.05, 3.63) is 28.1 Å². The van der Waals surface area contributed by atoms with Crippen LogP contribution in [0.1, 0.15) is 10.4 Å². The van der Waals surface area contributed by atoms with Gasteiger partial charge < -0.3 is 4.74 Å². The highest BCUT2D eigenvalue weighted by molar-refractivity contribution is 7.23. The molecule has 0 fully saturated rings. The first-order chi connectivity index (χ1) is 6.77. The molecule has 0 radical (unpaired) electrons. The van der Waals surface area contributed by atoms with Gasteiger partial charge in [-0.25, -0.2) is 0 Å². The molecule has 14 heavy (non-hydrogen) atoms. The van der Waals surface area contributed by atoms with Gasteiger partial charge in [0.25, 0.3) is 0 Å². The molecule has 0 saturated carbocycles. The molecule has 72 valence electrons. The largest absolute Gasteiger partial charge is 0.495 e. The van der Waals surface area contributed by atoms with Gasteiger partial charge in [-0.15, -0.1) is 11.3 Å². The molecule has 0 aliphatic carbocycles. The van der Waals surface area contributed by atoms with Crippen LogP contribution in [0.15, 0.2) is 18.2 Å². The molecule has 1 aromatic heterocycles. The summed E-state index contributed by atoms with van der Waals surface area (Å²) in [5.74, 6) is 0.752. The summed E-state index contributed by atoms with van der Waals surface area (Å²) in [5.41, 5.74) is 0.547. The number of ether oxygens (including phenoxy) is 1. The highest BCUT2D eigenvalue weighted by atomic mass is 35.5. The molecule has 0 atom stereocenters. The van der Waals surface area contributed by atoms with Crippen LogP contribution in [0.5, 0.6) is 5.75 Å². The van der Waals surface area contributed by atoms with E-state index in [4.69, 9.17) is 16.3 Å².